The molecule has 0 aliphatic carbocycles. The molecule has 0 aromatic heterocycles. The Morgan fingerprint density at radius 1 is 0.264 bits per heavy atom. The fourth-order valence-corrected chi connectivity index (χ4v) is 20.2. The van der Waals surface area contributed by atoms with Crippen LogP contribution in [0.1, 0.15) is 365 Å². The molecular formula is C120H174N6O18. The van der Waals surface area contributed by atoms with Crippen LogP contribution in [0, 0.1) is 67.9 Å². The molecule has 18 rings (SSSR count). The van der Waals surface area contributed by atoms with Crippen LogP contribution in [0.3, 0.4) is 0 Å². The van der Waals surface area contributed by atoms with Gasteiger partial charge in [-0.2, -0.15) is 0 Å². The van der Waals surface area contributed by atoms with Crippen molar-refractivity contribution in [2.24, 2.45) is 67.9 Å². The number of carbonyl (C=O) groups excluding carboxylic acids is 6. The molecule has 0 saturated carbocycles. The normalized spacial score (nSPS) is 35.2. The van der Waals surface area contributed by atoms with E-state index in [1.54, 1.807) is 96.4 Å². The number of nitrogens with zero attached hydrogens (tertiary/aromatic N) is 6. The van der Waals surface area contributed by atoms with Crippen molar-refractivity contribution >= 4 is 34.7 Å². The molecule has 12 aliphatic heterocycles. The molecule has 0 spiro atoms. The topological polar surface area (TPSA) is 233 Å². The molecule has 6 aromatic rings. The number of Topliss-reactive ketones (excluding diaryl/α,β-unsaturated/α-hetero) is 6. The Labute approximate surface area is 923 Å². The molecule has 6 fully saturated rings. The molecule has 792 valence electrons. The number of carbonyl (C=O) groups is 6. The van der Waals surface area contributed by atoms with Crippen molar-refractivity contribution < 1.29 is 146 Å². The van der Waals surface area contributed by atoms with Crippen molar-refractivity contribution in [1.29, 1.82) is 0 Å². The van der Waals surface area contributed by atoms with Crippen LogP contribution in [0.4, 0.5) is 0 Å². The Morgan fingerprint density at radius 2 is 0.472 bits per heavy atom. The number of hydrogen-bond acceptors (Lipinski definition) is 24. The van der Waals surface area contributed by atoms with E-state index in [4.69, 9.17) is 117 Å². The molecule has 24 heteroatoms. The number of aryl methyl sites for hydroxylation is 1. The van der Waals surface area contributed by atoms with Crippen molar-refractivity contribution in [3.63, 3.8) is 0 Å². The Hall–Kier alpha value is -9.30. The van der Waals surface area contributed by atoms with Crippen LogP contribution in [-0.2, 0) is 67.2 Å². The third-order valence-corrected chi connectivity index (χ3v) is 26.6. The number of hydrogen-bond donors (Lipinski definition) is 0. The van der Waals surface area contributed by atoms with Crippen LogP contribution in [0.15, 0.2) is 72.8 Å². The summed E-state index contributed by atoms with van der Waals surface area (Å²) in [6, 6.07) is 11.1. The summed E-state index contributed by atoms with van der Waals surface area (Å²) in [6.45, 7) is 20.5. The summed E-state index contributed by atoms with van der Waals surface area (Å²) < 4.78 is 422. The Morgan fingerprint density at radius 3 is 0.729 bits per heavy atom. The maximum atomic E-state index is 13.4. The van der Waals surface area contributed by atoms with E-state index in [2.05, 4.69) is 20.8 Å². The summed E-state index contributed by atoms with van der Waals surface area (Å²) in [6.07, 6.45) is -10.3. The maximum Gasteiger partial charge on any atom is 0.161 e. The Bertz CT molecular complexity index is 7640. The zero-order valence-corrected chi connectivity index (χ0v) is 87.5. The molecule has 0 unspecified atom stereocenters. The van der Waals surface area contributed by atoms with E-state index in [0.717, 1.165) is 16.5 Å². The minimum absolute atomic E-state index is 0.0343. The van der Waals surface area contributed by atoms with Crippen molar-refractivity contribution in [2.75, 3.05) is 163 Å². The van der Waals surface area contributed by atoms with Crippen molar-refractivity contribution in [2.45, 2.75) is 276 Å². The SMILES string of the molecule is [2H]C([2H])([2H])Oc1cc2c(cc1OC([2H])([2H])[2H])[C@@H]1CC(=O)[C@@H](CC(C)(C)C)C([2H])([2H])N1CC2.[2H]C([2H])([2H])Oc1cc2c(cc1OC([2H])([2H])[2H])[C@H]1N(CC2)C([2H])([2H])[C@]([2H])(CC(C)(C)C)C(=O)C1([2H])[2H].[2H]C([2H])([2H])Oc1cc2c(cc1OC)CCN1[C@H]2C([2H])([2H])C(=O)[C@@]([2H])(CC(C)(C)C)C1([2H])[2H].[2H]C([2H])([2H])Oc1cc2c(cc1OC)[C@H]1N(CC2)C([2H])([2H])[C@]([2H])(CC(C)(C)C)C(=O)C1([2H])[2H].[2H]C1([2H])C(=O)[C@@]([2H])(CC(C)(C)C)C([2H])([2H])N2CCc3cc(OC)c(OC)cc3[C@@H]21.[2H]C1([2H])c2cc(OC)c(OC)cc2[C@@H]2CC(=O)[C@@H](CC(C)(C)C)CN2C1([2H])[2H]. The molecule has 0 amide bonds. The van der Waals surface area contributed by atoms with Crippen LogP contribution in [0.25, 0.3) is 0 Å². The molecule has 6 aromatic carbocycles. The van der Waals surface area contributed by atoms with Crippen molar-refractivity contribution in [3.05, 3.63) is 140 Å². The smallest absolute Gasteiger partial charge is 0.161 e. The van der Waals surface area contributed by atoms with Crippen molar-refractivity contribution in [3.8, 4) is 69.0 Å². The van der Waals surface area contributed by atoms with Crippen molar-refractivity contribution in [1.82, 2.24) is 29.4 Å². The third-order valence-electron chi connectivity index (χ3n) is 26.6. The number of rotatable bonds is 18. The Balaban J connectivity index is 0.000000183. The zero-order chi connectivity index (χ0) is 143. The maximum absolute atomic E-state index is 13.4. The molecule has 12 heterocycles. The van der Waals surface area contributed by atoms with E-state index in [1.165, 1.54) is 99.8 Å². The van der Waals surface area contributed by atoms with Gasteiger partial charge in [-0.15, -0.1) is 0 Å². The van der Waals surface area contributed by atoms with Gasteiger partial charge in [0.1, 0.15) is 34.7 Å². The molecule has 12 atom stereocenters. The number of ketones is 6. The molecule has 144 heavy (non-hydrogen) atoms. The van der Waals surface area contributed by atoms with Crippen LogP contribution in [0.5, 0.6) is 69.0 Å². The average Bonchev–Trinajstić information content (AvgIpc) is 0.689. The van der Waals surface area contributed by atoms with Gasteiger partial charge < -0.3 is 56.8 Å². The number of ether oxygens (including phenoxy) is 12. The molecule has 12 aliphatic rings. The predicted octanol–water partition coefficient (Wildman–Crippen LogP) is 21.8. The third kappa shape index (κ3) is 27.2. The highest BCUT2D eigenvalue weighted by molar-refractivity contribution is 5.87. The lowest BCUT2D eigenvalue weighted by Crippen LogP contribution is -2.47. The van der Waals surface area contributed by atoms with Gasteiger partial charge in [-0.05, 0) is 249 Å². The van der Waals surface area contributed by atoms with E-state index < -0.39 is 229 Å². The minimum Gasteiger partial charge on any atom is -0.493 e. The van der Waals surface area contributed by atoms with E-state index in [0.29, 0.717) is 106 Å². The fourth-order valence-electron chi connectivity index (χ4n) is 20.2. The summed E-state index contributed by atoms with van der Waals surface area (Å²) in [5, 5.41) is 0. The summed E-state index contributed by atoms with van der Waals surface area (Å²) in [7, 11) is -8.44. The van der Waals surface area contributed by atoms with Crippen LogP contribution in [0.2, 0.25) is 0 Å². The number of methoxy groups -OCH3 is 12. The Kier molecular flexibility index (Phi) is 21.4. The van der Waals surface area contributed by atoms with Crippen LogP contribution >= 0.6 is 0 Å². The average molecular weight is 2030 g/mol. The summed E-state index contributed by atoms with van der Waals surface area (Å²) in [4.78, 5) is 87.7. The molecule has 6 saturated heterocycles. The summed E-state index contributed by atoms with van der Waals surface area (Å²) >= 11 is 0. The molecule has 0 N–H and O–H groups in total. The van der Waals surface area contributed by atoms with Gasteiger partial charge >= 0.3 is 0 Å². The standard InChI is InChI=1S/6C20H29NO3/c6*1-20(2,3)11-14-12-21-7-6-13-8-18(23-4)19(24-5)9-15(13)16(21)10-17(14)22/h6*8-9,14,16H,6-7,10-12H2,1-5H3/t6*14-,16-/m000000/s1/i4D3,5D3,10D2,12D2,14D;5D3,10D2,12D2,14D;4D3,10D2,12D2,14D;10D2,12D2,14D;4D3,5D3,12D2;6D2,7D2. The quantitative estimate of drug-likeness (QED) is 0.0778. The highest BCUT2D eigenvalue weighted by atomic mass is 16.5. The highest BCUT2D eigenvalue weighted by Crippen LogP contribution is 2.53. The van der Waals surface area contributed by atoms with Crippen LogP contribution in [-0.4, -0.2) is 227 Å². The lowest BCUT2D eigenvalue weighted by Gasteiger charge is -2.44. The first-order valence-electron chi connectivity index (χ1n) is 70.9. The van der Waals surface area contributed by atoms with E-state index in [1.807, 2.05) is 41.5 Å². The van der Waals surface area contributed by atoms with Gasteiger partial charge in [0.05, 0.1) is 110 Å². The molecular weight excluding hydrogens is 1810 g/mol. The first-order valence-corrected chi connectivity index (χ1v) is 48.9. The van der Waals surface area contributed by atoms with E-state index >= 15 is 0 Å². The number of piperidine rings is 6. The second kappa shape index (κ2) is 46.6. The first kappa shape index (κ1) is 66.2. The van der Waals surface area contributed by atoms with Crippen LogP contribution < -0.4 is 56.8 Å². The van der Waals surface area contributed by atoms with Gasteiger partial charge in [-0.25, -0.2) is 0 Å². The molecule has 24 nitrogen and oxygen atoms in total. The minimum atomic E-state index is -2.99. The zero-order valence-electron chi connectivity index (χ0n) is 132. The fraction of sp³-hybridized carbons (Fsp3) is 0.650. The predicted molar refractivity (Wildman–Crippen MR) is 569 cm³/mol. The number of fused-ring (bicyclic) bond motifs is 18. The van der Waals surface area contributed by atoms with E-state index in [9.17, 15) is 28.8 Å². The second-order valence-corrected chi connectivity index (χ2v) is 45.4. The summed E-state index contributed by atoms with van der Waals surface area (Å²) in [5.41, 5.74) is 2.93. The molecule has 0 bridgehead atoms. The van der Waals surface area contributed by atoms with Gasteiger partial charge in [0.2, 0.25) is 0 Å². The lowest BCUT2D eigenvalue weighted by atomic mass is 9.76. The second-order valence-electron chi connectivity index (χ2n) is 45.4. The lowest BCUT2D eigenvalue weighted by molar-refractivity contribution is -0.130. The van der Waals surface area contributed by atoms with Gasteiger partial charge in [-0.1, -0.05) is 125 Å². The van der Waals surface area contributed by atoms with Gasteiger partial charge in [-0.3, -0.25) is 58.2 Å². The largest absolute Gasteiger partial charge is 0.493 e. The van der Waals surface area contributed by atoms with E-state index in [-0.39, 0.29) is 169 Å². The summed E-state index contributed by atoms with van der Waals surface area (Å²) in [5.74, 6) is -14.4. The molecule has 0 radical (unpaired) electrons. The highest BCUT2D eigenvalue weighted by Gasteiger charge is 2.48. The van der Waals surface area contributed by atoms with Gasteiger partial charge in [0, 0.05) is 224 Å². The monoisotopic (exact) mass is 2030 g/mol. The first-order chi connectivity index (χ1) is 84.6. The number of benzene rings is 6. The van der Waals surface area contributed by atoms with Gasteiger partial charge in [0.25, 0.3) is 0 Å². The van der Waals surface area contributed by atoms with Gasteiger partial charge in [0.15, 0.2) is 69.0 Å².